The first-order chi connectivity index (χ1) is 40.1. The largest absolute Gasteiger partial charge is 0.394 e. The lowest BCUT2D eigenvalue weighted by Gasteiger charge is -2.46. The zero-order valence-corrected chi connectivity index (χ0v) is 49.7. The molecule has 0 spiro atoms. The molecule has 2 aliphatic heterocycles. The van der Waals surface area contributed by atoms with Gasteiger partial charge >= 0.3 is 0 Å². The van der Waals surface area contributed by atoms with E-state index in [0.717, 1.165) is 116 Å². The van der Waals surface area contributed by atoms with E-state index in [1.54, 1.807) is 6.08 Å². The van der Waals surface area contributed by atoms with Crippen LogP contribution in [0.3, 0.4) is 0 Å². The minimum Gasteiger partial charge on any atom is -0.394 e. The molecule has 0 aliphatic carbocycles. The van der Waals surface area contributed by atoms with Gasteiger partial charge in [0.05, 0.1) is 32.0 Å². The number of carbonyl (C=O) groups excluding carboxylic acids is 1. The monoisotopic (exact) mass is 1150 g/mol. The van der Waals surface area contributed by atoms with E-state index in [9.17, 15) is 45.6 Å². The summed E-state index contributed by atoms with van der Waals surface area (Å²) in [6, 6.07) is -0.963. The lowest BCUT2D eigenvalue weighted by molar-refractivity contribution is -0.359. The fourth-order valence-electron chi connectivity index (χ4n) is 8.76. The van der Waals surface area contributed by atoms with Crippen LogP contribution in [0, 0.1) is 0 Å². The van der Waals surface area contributed by atoms with Gasteiger partial charge in [-0.2, -0.15) is 0 Å². The van der Waals surface area contributed by atoms with Crippen molar-refractivity contribution in [3.8, 4) is 0 Å². The second-order valence-electron chi connectivity index (χ2n) is 20.7. The molecule has 2 heterocycles. The molecule has 1 amide bonds. The maximum Gasteiger partial charge on any atom is 0.220 e. The third-order valence-electron chi connectivity index (χ3n) is 13.7. The Labute approximate surface area is 493 Å². The molecule has 12 unspecified atom stereocenters. The molecule has 0 aromatic rings. The van der Waals surface area contributed by atoms with Crippen molar-refractivity contribution in [3.63, 3.8) is 0 Å². The molecular formula is C68H107NO13. The van der Waals surface area contributed by atoms with Gasteiger partial charge in [-0.15, -0.1) is 0 Å². The van der Waals surface area contributed by atoms with Gasteiger partial charge in [-0.05, 0) is 122 Å². The SMILES string of the molecule is CC/C=C\C/C=C\C/C=C\C/C=C\C/C=C\C/C=C\C/C=C\C/C=C\C/C=C\C/C=C\CCCCCCC(=O)NC(COC1OC(CO)C(OC2OC(CO)C(O)C(O)C2O)C(O)C1O)C(O)/C=C/CC/C=C/CC/C=C/CCCCC. The maximum absolute atomic E-state index is 13.2. The zero-order chi connectivity index (χ0) is 59.5. The molecule has 2 rings (SSSR count). The van der Waals surface area contributed by atoms with Gasteiger partial charge in [-0.3, -0.25) is 4.79 Å². The van der Waals surface area contributed by atoms with E-state index in [1.807, 2.05) is 6.08 Å². The van der Waals surface area contributed by atoms with E-state index in [1.165, 1.54) is 19.3 Å². The van der Waals surface area contributed by atoms with Crippen molar-refractivity contribution in [3.05, 3.63) is 158 Å². The van der Waals surface area contributed by atoms with Crippen LogP contribution in [0.5, 0.6) is 0 Å². The Kier molecular flexibility index (Phi) is 45.9. The number of carbonyl (C=O) groups is 1. The summed E-state index contributed by atoms with van der Waals surface area (Å²) in [6.07, 6.45) is 61.5. The summed E-state index contributed by atoms with van der Waals surface area (Å²) in [5, 5.41) is 86.9. The van der Waals surface area contributed by atoms with E-state index in [-0.39, 0.29) is 18.9 Å². The van der Waals surface area contributed by atoms with Crippen molar-refractivity contribution in [2.75, 3.05) is 19.8 Å². The summed E-state index contributed by atoms with van der Waals surface area (Å²) in [7, 11) is 0. The number of allylic oxidation sites excluding steroid dienone is 25. The summed E-state index contributed by atoms with van der Waals surface area (Å²) in [4.78, 5) is 13.2. The highest BCUT2D eigenvalue weighted by molar-refractivity contribution is 5.76. The Hall–Kier alpha value is -4.39. The highest BCUT2D eigenvalue weighted by Crippen LogP contribution is 2.30. The van der Waals surface area contributed by atoms with E-state index >= 15 is 0 Å². The van der Waals surface area contributed by atoms with E-state index in [4.69, 9.17) is 18.9 Å². The number of ether oxygens (including phenoxy) is 4. The first kappa shape index (κ1) is 73.7. The molecule has 2 saturated heterocycles. The van der Waals surface area contributed by atoms with Gasteiger partial charge in [0.1, 0.15) is 48.8 Å². The van der Waals surface area contributed by atoms with Gasteiger partial charge in [0.25, 0.3) is 0 Å². The van der Waals surface area contributed by atoms with Crippen molar-refractivity contribution in [2.45, 2.75) is 242 Å². The average Bonchev–Trinajstić information content (AvgIpc) is 3.56. The van der Waals surface area contributed by atoms with Crippen molar-refractivity contribution >= 4 is 5.91 Å². The lowest BCUT2D eigenvalue weighted by atomic mass is 9.97. The third-order valence-corrected chi connectivity index (χ3v) is 13.7. The summed E-state index contributed by atoms with van der Waals surface area (Å²) < 4.78 is 22.7. The Morgan fingerprint density at radius 3 is 1.33 bits per heavy atom. The van der Waals surface area contributed by atoms with E-state index in [2.05, 4.69) is 165 Å². The molecule has 9 N–H and O–H groups in total. The number of amides is 1. The van der Waals surface area contributed by atoms with Crippen molar-refractivity contribution in [2.24, 2.45) is 0 Å². The average molecular weight is 1150 g/mol. The van der Waals surface area contributed by atoms with Gasteiger partial charge in [-0.1, -0.05) is 198 Å². The summed E-state index contributed by atoms with van der Waals surface area (Å²) in [5.41, 5.74) is 0. The molecule has 0 saturated carbocycles. The summed E-state index contributed by atoms with van der Waals surface area (Å²) in [6.45, 7) is 2.57. The standard InChI is InChI=1S/C68H107NO13/c1-3-5-7-9-11-13-15-17-18-19-20-21-22-23-24-25-26-27-28-29-30-31-32-33-34-35-36-37-38-40-42-44-46-48-50-52-60(73)69-56(57(72)51-49-47-45-43-41-39-16-14-12-10-8-6-4-2)55-79-67-65(78)63(76)66(59(54-71)81-67)82-68-64(77)62(75)61(74)58(53-70)80-68/h5,7,11-14,17-18,20-21,23-24,26-27,29-30,32-33,35-36,38,40-41,43,49,51,56-59,61-68,70-72,74-78H,3-4,6,8-10,15-16,19,22,25,28,31,34,37,39,42,44-48,50,52-55H2,1-2H3,(H,69,73)/b7-5-,13-11-,14-12+,18-17-,21-20-,24-23-,27-26-,30-29-,33-32-,36-35-,40-38-,43-41+,51-49+. The van der Waals surface area contributed by atoms with Crippen LogP contribution in [0.4, 0.5) is 0 Å². The number of nitrogens with one attached hydrogen (secondary N) is 1. The topological polar surface area (TPSA) is 228 Å². The smallest absolute Gasteiger partial charge is 0.220 e. The summed E-state index contributed by atoms with van der Waals surface area (Å²) in [5.74, 6) is -0.287. The molecule has 14 nitrogen and oxygen atoms in total. The Morgan fingerprint density at radius 1 is 0.451 bits per heavy atom. The van der Waals surface area contributed by atoms with Gasteiger partial charge in [0, 0.05) is 6.42 Å². The van der Waals surface area contributed by atoms with Gasteiger partial charge in [0.15, 0.2) is 12.6 Å². The lowest BCUT2D eigenvalue weighted by Crippen LogP contribution is -2.65. The van der Waals surface area contributed by atoms with Crippen LogP contribution in [-0.4, -0.2) is 140 Å². The summed E-state index contributed by atoms with van der Waals surface area (Å²) >= 11 is 0. The fourth-order valence-corrected chi connectivity index (χ4v) is 8.76. The number of hydrogen-bond donors (Lipinski definition) is 9. The number of rotatable bonds is 46. The van der Waals surface area contributed by atoms with Gasteiger partial charge in [-0.25, -0.2) is 0 Å². The quantitative estimate of drug-likeness (QED) is 0.0204. The van der Waals surface area contributed by atoms with Gasteiger partial charge < -0.3 is 65.1 Å². The molecule has 2 fully saturated rings. The van der Waals surface area contributed by atoms with Crippen LogP contribution in [0.1, 0.15) is 168 Å². The highest BCUT2D eigenvalue weighted by atomic mass is 16.7. The molecule has 462 valence electrons. The van der Waals surface area contributed by atoms with Gasteiger partial charge in [0.2, 0.25) is 5.91 Å². The van der Waals surface area contributed by atoms with Crippen LogP contribution >= 0.6 is 0 Å². The van der Waals surface area contributed by atoms with Crippen LogP contribution in [-0.2, 0) is 23.7 Å². The predicted molar refractivity (Wildman–Crippen MR) is 331 cm³/mol. The molecular weight excluding hydrogens is 1040 g/mol. The molecule has 14 heteroatoms. The fraction of sp³-hybridized carbons (Fsp3) is 0.603. The molecule has 2 aliphatic rings. The molecule has 0 aromatic carbocycles. The van der Waals surface area contributed by atoms with Crippen molar-refractivity contribution in [1.82, 2.24) is 5.32 Å². The number of aliphatic hydroxyl groups excluding tert-OH is 8. The Balaban J connectivity index is 1.71. The van der Waals surface area contributed by atoms with Crippen LogP contribution in [0.2, 0.25) is 0 Å². The van der Waals surface area contributed by atoms with Crippen molar-refractivity contribution in [1.29, 1.82) is 0 Å². The normalized spacial score (nSPS) is 25.1. The van der Waals surface area contributed by atoms with Crippen LogP contribution in [0.15, 0.2) is 158 Å². The Morgan fingerprint density at radius 2 is 0.854 bits per heavy atom. The molecule has 0 radical (unpaired) electrons. The first-order valence-electron chi connectivity index (χ1n) is 30.7. The minimum absolute atomic E-state index is 0.228. The van der Waals surface area contributed by atoms with Crippen LogP contribution in [0.25, 0.3) is 0 Å². The second-order valence-corrected chi connectivity index (χ2v) is 20.7. The van der Waals surface area contributed by atoms with Crippen molar-refractivity contribution < 1.29 is 64.6 Å². The molecule has 0 aromatic heterocycles. The number of aliphatic hydroxyl groups is 8. The zero-order valence-electron chi connectivity index (χ0n) is 49.7. The highest BCUT2D eigenvalue weighted by Gasteiger charge is 2.51. The van der Waals surface area contributed by atoms with Crippen LogP contribution < -0.4 is 5.32 Å². The van der Waals surface area contributed by atoms with E-state index < -0.39 is 86.8 Å². The second kappa shape index (κ2) is 51.1. The molecule has 12 atom stereocenters. The predicted octanol–water partition coefficient (Wildman–Crippen LogP) is 11.1. The third kappa shape index (κ3) is 35.7. The number of unbranched alkanes of at least 4 members (excludes halogenated alkanes) is 9. The minimum atomic E-state index is -1.80. The Bertz CT molecular complexity index is 1980. The van der Waals surface area contributed by atoms with E-state index in [0.29, 0.717) is 12.8 Å². The number of hydrogen-bond acceptors (Lipinski definition) is 13. The molecule has 82 heavy (non-hydrogen) atoms. The maximum atomic E-state index is 13.2. The molecule has 0 bridgehead atoms. The first-order valence-corrected chi connectivity index (χ1v) is 30.7.